The minimum Gasteiger partial charge on any atom is -0.508 e. The Morgan fingerprint density at radius 2 is 2.05 bits per heavy atom. The van der Waals surface area contributed by atoms with Crippen LogP contribution in [0.4, 0.5) is 0 Å². The fourth-order valence-electron chi connectivity index (χ4n) is 5.82. The fourth-order valence-corrected chi connectivity index (χ4v) is 5.82. The number of phenols is 1. The number of benzene rings is 1. The van der Waals surface area contributed by atoms with Gasteiger partial charge in [-0.25, -0.2) is 0 Å². The lowest BCUT2D eigenvalue weighted by Gasteiger charge is -2.53. The molecule has 22 heavy (non-hydrogen) atoms. The summed E-state index contributed by atoms with van der Waals surface area (Å²) in [5.74, 6) is 1.97. The molecule has 6 atom stereocenters. The summed E-state index contributed by atoms with van der Waals surface area (Å²) < 4.78 is 5.90. The number of phenolic OH excluding ortho intramolecular Hbond substituents is 1. The molecule has 0 amide bonds. The Balaban J connectivity index is 1.78. The summed E-state index contributed by atoms with van der Waals surface area (Å²) >= 11 is 0. The van der Waals surface area contributed by atoms with E-state index in [1.807, 2.05) is 12.1 Å². The van der Waals surface area contributed by atoms with Crippen LogP contribution in [0.2, 0.25) is 0 Å². The Morgan fingerprint density at radius 3 is 2.82 bits per heavy atom. The highest BCUT2D eigenvalue weighted by Gasteiger charge is 2.57. The average Bonchev–Trinajstić information content (AvgIpc) is 2.81. The molecule has 0 saturated heterocycles. The van der Waals surface area contributed by atoms with Crippen molar-refractivity contribution in [1.29, 1.82) is 0 Å². The molecule has 2 fully saturated rings. The van der Waals surface area contributed by atoms with Gasteiger partial charge in [0.1, 0.15) is 5.75 Å². The summed E-state index contributed by atoms with van der Waals surface area (Å²) in [6, 6.07) is 5.84. The molecule has 2 N–H and O–H groups in total. The Labute approximate surface area is 132 Å². The Hall–Kier alpha value is -1.06. The highest BCUT2D eigenvalue weighted by Crippen LogP contribution is 2.61. The largest absolute Gasteiger partial charge is 0.508 e. The predicted molar refractivity (Wildman–Crippen MR) is 84.9 cm³/mol. The van der Waals surface area contributed by atoms with Crippen molar-refractivity contribution < 1.29 is 14.9 Å². The van der Waals surface area contributed by atoms with Gasteiger partial charge in [0.15, 0.2) is 0 Å². The van der Waals surface area contributed by atoms with Crippen LogP contribution < -0.4 is 0 Å². The van der Waals surface area contributed by atoms with E-state index in [2.05, 4.69) is 13.0 Å². The van der Waals surface area contributed by atoms with Gasteiger partial charge < -0.3 is 14.9 Å². The lowest BCUT2D eigenvalue weighted by molar-refractivity contribution is -0.0929. The number of aliphatic hydroxyl groups is 1. The first-order chi connectivity index (χ1) is 10.5. The smallest absolute Gasteiger partial charge is 0.115 e. The molecule has 120 valence electrons. The zero-order chi connectivity index (χ0) is 15.5. The van der Waals surface area contributed by atoms with Crippen molar-refractivity contribution in [2.45, 2.75) is 57.2 Å². The molecular formula is C19H26O3. The number of methoxy groups -OCH3 is 1. The van der Waals surface area contributed by atoms with Gasteiger partial charge in [-0.2, -0.15) is 0 Å². The van der Waals surface area contributed by atoms with E-state index in [-0.39, 0.29) is 17.6 Å². The van der Waals surface area contributed by atoms with Gasteiger partial charge in [0.05, 0.1) is 12.2 Å². The quantitative estimate of drug-likeness (QED) is 0.837. The molecule has 0 aliphatic heterocycles. The minimum atomic E-state index is -0.183. The molecule has 3 heteroatoms. The summed E-state index contributed by atoms with van der Waals surface area (Å²) in [5.41, 5.74) is 2.66. The Morgan fingerprint density at radius 1 is 1.23 bits per heavy atom. The molecule has 0 radical (unpaired) electrons. The van der Waals surface area contributed by atoms with Gasteiger partial charge in [0.2, 0.25) is 0 Å². The van der Waals surface area contributed by atoms with E-state index in [1.165, 1.54) is 11.1 Å². The van der Waals surface area contributed by atoms with Gasteiger partial charge in [-0.05, 0) is 72.6 Å². The number of hydrogen-bond donors (Lipinski definition) is 2. The minimum absolute atomic E-state index is 0.0102. The molecule has 1 unspecified atom stereocenters. The molecule has 1 aromatic carbocycles. The first kappa shape index (κ1) is 14.5. The van der Waals surface area contributed by atoms with Crippen molar-refractivity contribution in [3.63, 3.8) is 0 Å². The zero-order valence-electron chi connectivity index (χ0n) is 13.5. The van der Waals surface area contributed by atoms with Crippen molar-refractivity contribution in [2.75, 3.05) is 7.11 Å². The van der Waals surface area contributed by atoms with E-state index < -0.39 is 0 Å². The van der Waals surface area contributed by atoms with E-state index in [9.17, 15) is 10.2 Å². The maximum Gasteiger partial charge on any atom is 0.115 e. The van der Waals surface area contributed by atoms with E-state index >= 15 is 0 Å². The van der Waals surface area contributed by atoms with Crippen molar-refractivity contribution in [2.24, 2.45) is 17.3 Å². The highest BCUT2D eigenvalue weighted by atomic mass is 16.5. The first-order valence-corrected chi connectivity index (χ1v) is 8.57. The van der Waals surface area contributed by atoms with Gasteiger partial charge >= 0.3 is 0 Å². The number of aryl methyl sites for hydroxylation is 1. The second kappa shape index (κ2) is 4.97. The molecule has 4 rings (SSSR count). The fraction of sp³-hybridized carbons (Fsp3) is 0.684. The molecular weight excluding hydrogens is 276 g/mol. The van der Waals surface area contributed by atoms with Gasteiger partial charge in [-0.15, -0.1) is 0 Å². The van der Waals surface area contributed by atoms with Gasteiger partial charge in [-0.3, -0.25) is 0 Å². The molecule has 3 aliphatic carbocycles. The number of aliphatic hydroxyl groups excluding tert-OH is 1. The summed E-state index contributed by atoms with van der Waals surface area (Å²) in [4.78, 5) is 0. The first-order valence-electron chi connectivity index (χ1n) is 8.57. The number of fused-ring (bicyclic) bond motifs is 5. The van der Waals surface area contributed by atoms with Crippen LogP contribution >= 0.6 is 0 Å². The monoisotopic (exact) mass is 302 g/mol. The van der Waals surface area contributed by atoms with Crippen LogP contribution in [0.25, 0.3) is 0 Å². The third-order valence-electron chi connectivity index (χ3n) is 6.91. The van der Waals surface area contributed by atoms with Crippen LogP contribution in [0.1, 0.15) is 49.7 Å². The highest BCUT2D eigenvalue weighted by molar-refractivity contribution is 5.41. The number of hydrogen-bond acceptors (Lipinski definition) is 3. The lowest BCUT2D eigenvalue weighted by atomic mass is 9.54. The standard InChI is InChI=1S/C19H26O3/c1-19-10-16(22-2)18-13-6-4-12(20)9-11(13)3-5-14(18)15(19)7-8-17(19)21/h4,6,9,14-18,20-21H,3,5,7-8,10H2,1-2H3/t14-,15+,16?,17+,18-,19+/m1/s1. The van der Waals surface area contributed by atoms with Crippen molar-refractivity contribution >= 4 is 0 Å². The molecule has 3 aliphatic rings. The van der Waals surface area contributed by atoms with Crippen molar-refractivity contribution in [1.82, 2.24) is 0 Å². The number of ether oxygens (including phenoxy) is 1. The third-order valence-corrected chi connectivity index (χ3v) is 6.91. The molecule has 2 saturated carbocycles. The topological polar surface area (TPSA) is 49.7 Å². The molecule has 0 bridgehead atoms. The number of rotatable bonds is 1. The summed E-state index contributed by atoms with van der Waals surface area (Å²) in [6.07, 6.45) is 5.18. The van der Waals surface area contributed by atoms with Crippen LogP contribution in [0.5, 0.6) is 5.75 Å². The molecule has 3 nitrogen and oxygen atoms in total. The van der Waals surface area contributed by atoms with Gasteiger partial charge in [-0.1, -0.05) is 13.0 Å². The van der Waals surface area contributed by atoms with Gasteiger partial charge in [0.25, 0.3) is 0 Å². The van der Waals surface area contributed by atoms with E-state index in [0.717, 1.165) is 32.1 Å². The van der Waals surface area contributed by atoms with Crippen molar-refractivity contribution in [3.05, 3.63) is 29.3 Å². The predicted octanol–water partition coefficient (Wildman–Crippen LogP) is 3.23. The van der Waals surface area contributed by atoms with Crippen LogP contribution in [0.3, 0.4) is 0 Å². The van der Waals surface area contributed by atoms with Crippen LogP contribution in [0.15, 0.2) is 18.2 Å². The maximum absolute atomic E-state index is 10.5. The van der Waals surface area contributed by atoms with Crippen LogP contribution in [0, 0.1) is 17.3 Å². The van der Waals surface area contributed by atoms with E-state index in [4.69, 9.17) is 4.74 Å². The average molecular weight is 302 g/mol. The summed E-state index contributed by atoms with van der Waals surface area (Å²) in [7, 11) is 1.81. The second-order valence-electron chi connectivity index (χ2n) is 7.80. The van der Waals surface area contributed by atoms with Crippen LogP contribution in [-0.4, -0.2) is 29.5 Å². The summed E-state index contributed by atoms with van der Waals surface area (Å²) in [5, 5.41) is 20.3. The van der Waals surface area contributed by atoms with E-state index in [1.54, 1.807) is 7.11 Å². The molecule has 0 aromatic heterocycles. The molecule has 0 spiro atoms. The molecule has 0 heterocycles. The van der Waals surface area contributed by atoms with Crippen LogP contribution in [-0.2, 0) is 11.2 Å². The Kier molecular flexibility index (Phi) is 3.28. The zero-order valence-corrected chi connectivity index (χ0v) is 13.5. The third kappa shape index (κ3) is 1.88. The Bertz CT molecular complexity index is 584. The SMILES string of the molecule is COC1C[C@]2(C)[C@@H](O)CC[C@H]2[C@H]2CCc3cc(O)ccc3[C@@H]12. The summed E-state index contributed by atoms with van der Waals surface area (Å²) in [6.45, 7) is 2.27. The maximum atomic E-state index is 10.5. The number of aromatic hydroxyl groups is 1. The normalized spacial score (nSPS) is 43.3. The van der Waals surface area contributed by atoms with Gasteiger partial charge in [0, 0.05) is 13.0 Å². The second-order valence-corrected chi connectivity index (χ2v) is 7.80. The van der Waals surface area contributed by atoms with Crippen molar-refractivity contribution in [3.8, 4) is 5.75 Å². The molecule has 1 aromatic rings. The van der Waals surface area contributed by atoms with E-state index in [0.29, 0.717) is 23.5 Å². The lowest BCUT2D eigenvalue weighted by Crippen LogP contribution is -2.50.